The second-order valence-corrected chi connectivity index (χ2v) is 11.8. The molecule has 2 aliphatic rings. The van der Waals surface area contributed by atoms with Gasteiger partial charge >= 0.3 is 0 Å². The minimum Gasteiger partial charge on any atom is -0.451 e. The van der Waals surface area contributed by atoms with Crippen LogP contribution >= 0.6 is 0 Å². The molecule has 3 aromatic heterocycles. The molecule has 0 atom stereocenters. The molecule has 2 aliphatic carbocycles. The van der Waals surface area contributed by atoms with Crippen molar-refractivity contribution in [1.29, 1.82) is 0 Å². The Morgan fingerprint density at radius 2 is 1.77 bits per heavy atom. The number of carbonyl (C=O) groups excluding carboxylic acids is 3. The average Bonchev–Trinajstić information content (AvgIpc) is 3.64. The van der Waals surface area contributed by atoms with E-state index in [2.05, 4.69) is 20.9 Å². The zero-order valence-electron chi connectivity index (χ0n) is 24.6. The van der Waals surface area contributed by atoms with Crippen LogP contribution in [0.3, 0.4) is 0 Å². The molecular weight excluding hydrogens is 556 g/mol. The largest absolute Gasteiger partial charge is 0.451 e. The summed E-state index contributed by atoms with van der Waals surface area (Å²) in [5.41, 5.74) is 2.33. The molecule has 10 heteroatoms. The van der Waals surface area contributed by atoms with E-state index in [9.17, 15) is 14.4 Å². The predicted molar refractivity (Wildman–Crippen MR) is 167 cm³/mol. The molecule has 0 bridgehead atoms. The number of hydrogen-bond acceptors (Lipinski definition) is 6. The summed E-state index contributed by atoms with van der Waals surface area (Å²) in [6.07, 6.45) is 9.52. The van der Waals surface area contributed by atoms with E-state index < -0.39 is 5.54 Å². The lowest BCUT2D eigenvalue weighted by Gasteiger charge is -2.40. The number of anilines is 1. The van der Waals surface area contributed by atoms with Gasteiger partial charge in [0.2, 0.25) is 5.91 Å². The Kier molecular flexibility index (Phi) is 7.12. The van der Waals surface area contributed by atoms with Crippen molar-refractivity contribution in [3.63, 3.8) is 0 Å². The van der Waals surface area contributed by atoms with Gasteiger partial charge < -0.3 is 20.4 Å². The predicted octanol–water partition coefficient (Wildman–Crippen LogP) is 5.87. The number of amides is 3. The van der Waals surface area contributed by atoms with Crippen molar-refractivity contribution < 1.29 is 18.8 Å². The zero-order chi connectivity index (χ0) is 30.3. The van der Waals surface area contributed by atoms with Crippen molar-refractivity contribution >= 4 is 45.3 Å². The van der Waals surface area contributed by atoms with Crippen LogP contribution in [0.15, 0.2) is 71.3 Å². The molecule has 0 aliphatic heterocycles. The first-order valence-corrected chi connectivity index (χ1v) is 15.3. The summed E-state index contributed by atoms with van der Waals surface area (Å²) in [5.74, 6) is 0.419. The molecule has 3 amide bonds. The minimum absolute atomic E-state index is 0.196. The summed E-state index contributed by atoms with van der Waals surface area (Å²) in [4.78, 5) is 43.6. The van der Waals surface area contributed by atoms with Crippen molar-refractivity contribution in [3.8, 4) is 5.82 Å². The average molecular weight is 591 g/mol. The van der Waals surface area contributed by atoms with Crippen LogP contribution in [0.4, 0.5) is 5.69 Å². The lowest BCUT2D eigenvalue weighted by atomic mass is 9.75. The van der Waals surface area contributed by atoms with Gasteiger partial charge in [0.25, 0.3) is 11.8 Å². The monoisotopic (exact) mass is 590 g/mol. The van der Waals surface area contributed by atoms with Gasteiger partial charge in [0.1, 0.15) is 11.1 Å². The molecule has 224 valence electrons. The van der Waals surface area contributed by atoms with E-state index in [-0.39, 0.29) is 23.5 Å². The van der Waals surface area contributed by atoms with E-state index in [1.165, 1.54) is 26.3 Å². The number of benzene rings is 2. The number of aromatic nitrogens is 3. The highest BCUT2D eigenvalue weighted by atomic mass is 16.3. The summed E-state index contributed by atoms with van der Waals surface area (Å²) in [6, 6.07) is 18.3. The number of pyridine rings is 1. The zero-order valence-corrected chi connectivity index (χ0v) is 24.6. The second kappa shape index (κ2) is 11.3. The highest BCUT2D eigenvalue weighted by Gasteiger charge is 2.45. The fourth-order valence-corrected chi connectivity index (χ4v) is 6.49. The van der Waals surface area contributed by atoms with E-state index in [0.29, 0.717) is 35.6 Å². The van der Waals surface area contributed by atoms with Crippen LogP contribution in [-0.2, 0) is 4.79 Å². The number of fused-ring (bicyclic) bond motifs is 2. The summed E-state index contributed by atoms with van der Waals surface area (Å²) < 4.78 is 7.60. The highest BCUT2D eigenvalue weighted by molar-refractivity contribution is 6.06. The highest BCUT2D eigenvalue weighted by Crippen LogP contribution is 2.38. The Balaban J connectivity index is 1.13. The van der Waals surface area contributed by atoms with Gasteiger partial charge in [-0.05, 0) is 74.6 Å². The molecule has 0 spiro atoms. The van der Waals surface area contributed by atoms with Crippen LogP contribution in [0.25, 0.3) is 27.7 Å². The van der Waals surface area contributed by atoms with E-state index in [4.69, 9.17) is 9.52 Å². The minimum atomic E-state index is -1.02. The molecule has 0 saturated heterocycles. The van der Waals surface area contributed by atoms with Crippen LogP contribution in [0, 0.1) is 0 Å². The maximum atomic E-state index is 13.6. The van der Waals surface area contributed by atoms with Gasteiger partial charge in [-0.1, -0.05) is 31.4 Å². The summed E-state index contributed by atoms with van der Waals surface area (Å²) in [7, 11) is 1.54. The van der Waals surface area contributed by atoms with Crippen LogP contribution in [0.1, 0.15) is 83.9 Å². The van der Waals surface area contributed by atoms with Crippen molar-refractivity contribution in [2.45, 2.75) is 62.8 Å². The maximum absolute atomic E-state index is 13.6. The number of carbonyl (C=O) groups is 3. The molecular formula is C34H34N6O4. The van der Waals surface area contributed by atoms with E-state index >= 15 is 0 Å². The molecule has 3 heterocycles. The molecule has 3 N–H and O–H groups in total. The first kappa shape index (κ1) is 27.8. The molecule has 44 heavy (non-hydrogen) atoms. The third-order valence-electron chi connectivity index (χ3n) is 9.05. The number of nitrogens with zero attached hydrogens (tertiary/aromatic N) is 3. The van der Waals surface area contributed by atoms with Gasteiger partial charge in [-0.15, -0.1) is 0 Å². The van der Waals surface area contributed by atoms with Crippen LogP contribution in [0.2, 0.25) is 0 Å². The smallest absolute Gasteiger partial charge is 0.286 e. The fourth-order valence-electron chi connectivity index (χ4n) is 6.49. The number of hydrogen-bond donors (Lipinski definition) is 3. The van der Waals surface area contributed by atoms with Crippen LogP contribution in [-0.4, -0.2) is 45.1 Å². The van der Waals surface area contributed by atoms with Gasteiger partial charge in [0.05, 0.1) is 11.2 Å². The van der Waals surface area contributed by atoms with E-state index in [1.807, 2.05) is 41.1 Å². The fraction of sp³-hybridized carbons (Fsp3) is 0.324. The van der Waals surface area contributed by atoms with Gasteiger partial charge in [0.15, 0.2) is 11.6 Å². The molecule has 0 unspecified atom stereocenters. The van der Waals surface area contributed by atoms with Crippen LogP contribution in [0.5, 0.6) is 0 Å². The number of furan rings is 1. The lowest BCUT2D eigenvalue weighted by molar-refractivity contribution is -0.125. The van der Waals surface area contributed by atoms with Crippen molar-refractivity contribution in [1.82, 2.24) is 25.4 Å². The molecule has 5 aromatic rings. The Hall–Kier alpha value is -4.99. The number of nitrogens with one attached hydrogen (secondary N) is 3. The summed E-state index contributed by atoms with van der Waals surface area (Å²) in [5, 5.41) is 15.2. The third kappa shape index (κ3) is 5.00. The molecule has 7 rings (SSSR count). The van der Waals surface area contributed by atoms with Crippen molar-refractivity contribution in [2.75, 3.05) is 12.4 Å². The van der Waals surface area contributed by atoms with Gasteiger partial charge in [-0.2, -0.15) is 5.10 Å². The quantitative estimate of drug-likeness (QED) is 0.217. The van der Waals surface area contributed by atoms with Gasteiger partial charge in [0, 0.05) is 47.3 Å². The Labute approximate surface area is 254 Å². The van der Waals surface area contributed by atoms with Gasteiger partial charge in [-0.25, -0.2) is 9.67 Å². The Morgan fingerprint density at radius 1 is 0.932 bits per heavy atom. The first-order chi connectivity index (χ1) is 21.4. The number of rotatable bonds is 7. The SMILES string of the molecule is CNC(=O)c1cc2ccc(NC(=O)C3(NC(=O)c4ccc5c(C6CCCCC6)n(-c6ccccn6)nc5c4)CCC3)cc2o1. The molecule has 2 saturated carbocycles. The first-order valence-electron chi connectivity index (χ1n) is 15.3. The maximum Gasteiger partial charge on any atom is 0.286 e. The van der Waals surface area contributed by atoms with E-state index in [0.717, 1.165) is 47.1 Å². The topological polar surface area (TPSA) is 131 Å². The second-order valence-electron chi connectivity index (χ2n) is 11.8. The molecule has 10 nitrogen and oxygen atoms in total. The summed E-state index contributed by atoms with van der Waals surface area (Å²) >= 11 is 0. The van der Waals surface area contributed by atoms with Crippen molar-refractivity contribution in [3.05, 3.63) is 83.9 Å². The molecule has 2 aromatic carbocycles. The lowest BCUT2D eigenvalue weighted by Crippen LogP contribution is -2.61. The molecule has 2 fully saturated rings. The Bertz CT molecular complexity index is 1880. The normalized spacial score (nSPS) is 16.4. The Morgan fingerprint density at radius 3 is 2.50 bits per heavy atom. The van der Waals surface area contributed by atoms with Crippen LogP contribution < -0.4 is 16.0 Å². The third-order valence-corrected chi connectivity index (χ3v) is 9.05. The van der Waals surface area contributed by atoms with Crippen molar-refractivity contribution in [2.24, 2.45) is 0 Å². The standard InChI is InChI=1S/C34H34N6O4/c1-35-32(42)28-19-22-11-13-24(20-27(22)44-28)37-33(43)34(15-7-16-34)38-31(41)23-12-14-25-26(18-23)39-40(29-10-5-6-17-36-29)30(25)21-8-3-2-4-9-21/h5-6,10-14,17-21H,2-4,7-9,15-16H2,1H3,(H,35,42)(H,37,43)(H,38,41). The van der Waals surface area contributed by atoms with E-state index in [1.54, 1.807) is 30.5 Å². The summed E-state index contributed by atoms with van der Waals surface area (Å²) in [6.45, 7) is 0. The molecule has 0 radical (unpaired) electrons. The van der Waals surface area contributed by atoms with Gasteiger partial charge in [-0.3, -0.25) is 14.4 Å².